The normalized spacial score (nSPS) is 12.4. The predicted octanol–water partition coefficient (Wildman–Crippen LogP) is 3.19. The first-order valence-corrected chi connectivity index (χ1v) is 15.6. The van der Waals surface area contributed by atoms with Crippen LogP contribution in [0.1, 0.15) is 0 Å². The molecule has 23 heavy (non-hydrogen) atoms. The fraction of sp³-hybridized carbons (Fsp3) is 0.222. The van der Waals surface area contributed by atoms with E-state index in [0.717, 1.165) is 0 Å². The molecule has 0 heterocycles. The van der Waals surface area contributed by atoms with Crippen molar-refractivity contribution in [2.75, 3.05) is 0 Å². The molecule has 0 bridgehead atoms. The number of rotatable bonds is 7. The van der Waals surface area contributed by atoms with Crippen molar-refractivity contribution in [1.82, 2.24) is 0 Å². The van der Waals surface area contributed by atoms with E-state index in [1.165, 1.54) is 10.4 Å². The third-order valence-electron chi connectivity index (χ3n) is 3.61. The summed E-state index contributed by atoms with van der Waals surface area (Å²) in [7, 11) is -6.05. The van der Waals surface area contributed by atoms with E-state index >= 15 is 0 Å². The molecular weight excluding hydrogens is 332 g/mol. The van der Waals surface area contributed by atoms with Crippen molar-refractivity contribution in [3.63, 3.8) is 0 Å². The van der Waals surface area contributed by atoms with E-state index in [1.54, 1.807) is 0 Å². The Hall–Kier alpha value is -1.25. The van der Waals surface area contributed by atoms with Crippen LogP contribution in [-0.2, 0) is 8.23 Å². The van der Waals surface area contributed by atoms with Gasteiger partial charge in [0.2, 0.25) is 8.32 Å². The van der Waals surface area contributed by atoms with Gasteiger partial charge in [-0.05, 0) is 36.6 Å². The summed E-state index contributed by atoms with van der Waals surface area (Å²) < 4.78 is 13.5. The quantitative estimate of drug-likeness (QED) is 0.708. The molecule has 0 fully saturated rings. The molecule has 0 aromatic heterocycles. The molecule has 2 aromatic carbocycles. The van der Waals surface area contributed by atoms with Gasteiger partial charge in [0, 0.05) is 0 Å². The first-order valence-electron chi connectivity index (χ1n) is 8.02. The van der Waals surface area contributed by atoms with Gasteiger partial charge >= 0.3 is 8.56 Å². The summed E-state index contributed by atoms with van der Waals surface area (Å²) in [6.07, 6.45) is 0. The molecule has 0 saturated heterocycles. The highest BCUT2D eigenvalue weighted by Gasteiger charge is 2.46. The second-order valence-electron chi connectivity index (χ2n) is 6.42. The second kappa shape index (κ2) is 7.55. The van der Waals surface area contributed by atoms with Gasteiger partial charge in [-0.2, -0.15) is 0 Å². The molecule has 2 rings (SSSR count). The SMILES string of the molecule is C=C[Si](C)(C)O[Si](O[SiH](C)C)(c1ccccc1)c1ccccc1. The zero-order chi connectivity index (χ0) is 16.9. The minimum absolute atomic E-state index is 1.18. The lowest BCUT2D eigenvalue weighted by molar-refractivity contribution is 0.426. The maximum absolute atomic E-state index is 6.83. The summed E-state index contributed by atoms with van der Waals surface area (Å²) in [5.41, 5.74) is 1.99. The highest BCUT2D eigenvalue weighted by Crippen LogP contribution is 2.18. The Morgan fingerprint density at radius 1 is 0.870 bits per heavy atom. The first kappa shape index (κ1) is 18.1. The molecule has 0 aliphatic carbocycles. The Morgan fingerprint density at radius 2 is 1.30 bits per heavy atom. The molecule has 0 aliphatic heterocycles. The van der Waals surface area contributed by atoms with Gasteiger partial charge in [0.1, 0.15) is 0 Å². The fourth-order valence-corrected chi connectivity index (χ4v) is 12.7. The van der Waals surface area contributed by atoms with Crippen molar-refractivity contribution in [2.45, 2.75) is 26.2 Å². The Bertz CT molecular complexity index is 588. The average molecular weight is 359 g/mol. The van der Waals surface area contributed by atoms with Crippen LogP contribution in [0, 0.1) is 0 Å². The van der Waals surface area contributed by atoms with Crippen LogP contribution in [0.25, 0.3) is 0 Å². The third kappa shape index (κ3) is 4.39. The van der Waals surface area contributed by atoms with Crippen molar-refractivity contribution in [2.24, 2.45) is 0 Å². The van der Waals surface area contributed by atoms with Crippen LogP contribution in [0.2, 0.25) is 26.2 Å². The van der Waals surface area contributed by atoms with Crippen LogP contribution in [0.4, 0.5) is 0 Å². The molecule has 122 valence electrons. The second-order valence-corrected chi connectivity index (χ2v) is 16.3. The third-order valence-corrected chi connectivity index (χ3v) is 13.2. The van der Waals surface area contributed by atoms with Gasteiger partial charge in [-0.3, -0.25) is 0 Å². The largest absolute Gasteiger partial charge is 0.433 e. The minimum atomic E-state index is -2.71. The lowest BCUT2D eigenvalue weighted by Crippen LogP contribution is -2.68. The van der Waals surface area contributed by atoms with Crippen molar-refractivity contribution in [1.29, 1.82) is 0 Å². The molecule has 2 aromatic rings. The Labute approximate surface area is 143 Å². The van der Waals surface area contributed by atoms with Crippen LogP contribution in [0.3, 0.4) is 0 Å². The van der Waals surface area contributed by atoms with Gasteiger partial charge in [-0.15, -0.1) is 6.58 Å². The summed E-state index contributed by atoms with van der Waals surface area (Å²) in [4.78, 5) is 0. The molecule has 0 amide bonds. The van der Waals surface area contributed by atoms with E-state index in [9.17, 15) is 0 Å². The summed E-state index contributed by atoms with van der Waals surface area (Å²) in [5, 5.41) is 2.35. The van der Waals surface area contributed by atoms with Gasteiger partial charge < -0.3 is 8.23 Å². The number of benzene rings is 2. The van der Waals surface area contributed by atoms with E-state index in [1.807, 2.05) is 17.8 Å². The molecule has 0 unspecified atom stereocenters. The number of hydrogen-bond acceptors (Lipinski definition) is 2. The van der Waals surface area contributed by atoms with Gasteiger partial charge in [0.15, 0.2) is 9.04 Å². The molecule has 0 aliphatic rings. The van der Waals surface area contributed by atoms with Crippen LogP contribution in [0.5, 0.6) is 0 Å². The first-order chi connectivity index (χ1) is 10.9. The van der Waals surface area contributed by atoms with Gasteiger partial charge in [-0.1, -0.05) is 66.4 Å². The summed E-state index contributed by atoms with van der Waals surface area (Å²) in [6.45, 7) is 12.8. The summed E-state index contributed by atoms with van der Waals surface area (Å²) in [6, 6.07) is 20.9. The molecule has 0 spiro atoms. The standard InChI is InChI=1S/C18H26O2Si3/c1-6-22(4,5)20-23(19-21(2)3,17-13-9-7-10-14-17)18-15-11-8-12-16-18/h6-16,21H,1H2,2-5H3. The molecule has 0 radical (unpaired) electrons. The van der Waals surface area contributed by atoms with Gasteiger partial charge in [0.05, 0.1) is 0 Å². The van der Waals surface area contributed by atoms with Gasteiger partial charge in [-0.25, -0.2) is 0 Å². The van der Waals surface area contributed by atoms with Crippen LogP contribution in [0.15, 0.2) is 72.9 Å². The van der Waals surface area contributed by atoms with Crippen molar-refractivity contribution < 1.29 is 8.23 Å². The predicted molar refractivity (Wildman–Crippen MR) is 107 cm³/mol. The molecule has 0 atom stereocenters. The zero-order valence-electron chi connectivity index (χ0n) is 14.5. The highest BCUT2D eigenvalue weighted by molar-refractivity contribution is 7.01. The molecule has 0 N–H and O–H groups in total. The molecule has 2 nitrogen and oxygen atoms in total. The molecule has 0 saturated carbocycles. The summed E-state index contributed by atoms with van der Waals surface area (Å²) in [5.74, 6) is 0. The van der Waals surface area contributed by atoms with E-state index in [0.29, 0.717) is 0 Å². The maximum Gasteiger partial charge on any atom is 0.386 e. The monoisotopic (exact) mass is 358 g/mol. The number of hydrogen-bond donors (Lipinski definition) is 0. The lowest BCUT2D eigenvalue weighted by Gasteiger charge is -2.38. The highest BCUT2D eigenvalue weighted by atomic mass is 28.5. The zero-order valence-corrected chi connectivity index (χ0v) is 17.6. The maximum atomic E-state index is 6.83. The van der Waals surface area contributed by atoms with Crippen molar-refractivity contribution >= 4 is 36.3 Å². The Balaban J connectivity index is 2.65. The van der Waals surface area contributed by atoms with Crippen molar-refractivity contribution in [3.05, 3.63) is 72.9 Å². The Morgan fingerprint density at radius 3 is 1.65 bits per heavy atom. The molecular formula is C18H26O2Si3. The van der Waals surface area contributed by atoms with Gasteiger partial charge in [0.25, 0.3) is 0 Å². The fourth-order valence-electron chi connectivity index (χ4n) is 2.50. The minimum Gasteiger partial charge on any atom is -0.433 e. The van der Waals surface area contributed by atoms with E-state index in [4.69, 9.17) is 8.23 Å². The Kier molecular flexibility index (Phi) is 5.94. The smallest absolute Gasteiger partial charge is 0.386 e. The molecule has 5 heteroatoms. The van der Waals surface area contributed by atoms with E-state index < -0.39 is 25.9 Å². The van der Waals surface area contributed by atoms with Crippen molar-refractivity contribution in [3.8, 4) is 0 Å². The summed E-state index contributed by atoms with van der Waals surface area (Å²) >= 11 is 0. The van der Waals surface area contributed by atoms with Crippen LogP contribution >= 0.6 is 0 Å². The van der Waals surface area contributed by atoms with Crippen LogP contribution < -0.4 is 10.4 Å². The lowest BCUT2D eigenvalue weighted by atomic mass is 10.4. The topological polar surface area (TPSA) is 18.5 Å². The van der Waals surface area contributed by atoms with E-state index in [-0.39, 0.29) is 0 Å². The van der Waals surface area contributed by atoms with E-state index in [2.05, 4.69) is 81.3 Å². The van der Waals surface area contributed by atoms with Crippen LogP contribution in [-0.4, -0.2) is 25.9 Å². The average Bonchev–Trinajstić information content (AvgIpc) is 2.55.